The van der Waals surface area contributed by atoms with Gasteiger partial charge in [-0.15, -0.1) is 0 Å². The van der Waals surface area contributed by atoms with Crippen LogP contribution in [0.25, 0.3) is 16.8 Å². The Labute approximate surface area is 141 Å². The lowest BCUT2D eigenvalue weighted by Gasteiger charge is -2.10. The van der Waals surface area contributed by atoms with Crippen LogP contribution < -0.4 is 0 Å². The van der Waals surface area contributed by atoms with Crippen LogP contribution in [0.2, 0.25) is 5.02 Å². The van der Waals surface area contributed by atoms with Gasteiger partial charge in [0.15, 0.2) is 0 Å². The monoisotopic (exact) mass is 331 g/mol. The molecule has 3 nitrogen and oxygen atoms in total. The first-order valence-corrected chi connectivity index (χ1v) is 8.09. The van der Waals surface area contributed by atoms with Crippen molar-refractivity contribution in [3.63, 3.8) is 0 Å². The summed E-state index contributed by atoms with van der Waals surface area (Å²) in [5, 5.41) is 21.5. The molecule has 23 heavy (non-hydrogen) atoms. The minimum absolute atomic E-state index is 0.0118. The van der Waals surface area contributed by atoms with E-state index in [1.807, 2.05) is 12.2 Å². The second-order valence-corrected chi connectivity index (χ2v) is 6.30. The number of phenolic OH excluding ortho intramolecular Hbond substituents is 2. The van der Waals surface area contributed by atoms with Gasteiger partial charge in [-0.25, -0.2) is 0 Å². The number of aromatic hydroxyl groups is 2. The molecule has 0 saturated heterocycles. The van der Waals surface area contributed by atoms with E-state index >= 15 is 0 Å². The van der Waals surface area contributed by atoms with Gasteiger partial charge in [0.25, 0.3) is 0 Å². The summed E-state index contributed by atoms with van der Waals surface area (Å²) >= 11 is 6.20. The maximum absolute atomic E-state index is 10.1. The van der Waals surface area contributed by atoms with E-state index in [1.54, 1.807) is 19.2 Å². The lowest BCUT2D eigenvalue weighted by Crippen LogP contribution is -1.88. The molecule has 0 fully saturated rings. The number of benzene rings is 1. The standard InChI is InChI=1S/C19H22ClNO2/c1-5-11(2)8-12(3)6-7-14-9-15-16(10-21-14)18(22)13(4)19(23)17(15)20/h6-11,22-23H,5H2,1-4H3. The molecule has 0 aliphatic carbocycles. The predicted molar refractivity (Wildman–Crippen MR) is 97.1 cm³/mol. The van der Waals surface area contributed by atoms with Crippen molar-refractivity contribution in [3.05, 3.63) is 46.3 Å². The normalized spacial score (nSPS) is 13.9. The Balaban J connectivity index is 2.43. The first kappa shape index (κ1) is 17.4. The summed E-state index contributed by atoms with van der Waals surface area (Å²) < 4.78 is 0. The maximum Gasteiger partial charge on any atom is 0.141 e. The minimum Gasteiger partial charge on any atom is -0.507 e. The van der Waals surface area contributed by atoms with E-state index in [0.717, 1.165) is 12.1 Å². The molecule has 4 heteroatoms. The molecule has 1 unspecified atom stereocenters. The summed E-state index contributed by atoms with van der Waals surface area (Å²) in [6.07, 6.45) is 8.80. The van der Waals surface area contributed by atoms with Gasteiger partial charge in [-0.3, -0.25) is 4.98 Å². The van der Waals surface area contributed by atoms with Crippen molar-refractivity contribution in [1.29, 1.82) is 0 Å². The van der Waals surface area contributed by atoms with Gasteiger partial charge in [0.2, 0.25) is 0 Å². The largest absolute Gasteiger partial charge is 0.507 e. The van der Waals surface area contributed by atoms with Gasteiger partial charge >= 0.3 is 0 Å². The second kappa shape index (κ2) is 7.05. The summed E-state index contributed by atoms with van der Waals surface area (Å²) in [6.45, 7) is 8.01. The van der Waals surface area contributed by atoms with Gasteiger partial charge in [-0.2, -0.15) is 0 Å². The zero-order valence-corrected chi connectivity index (χ0v) is 14.6. The molecule has 0 spiro atoms. The van der Waals surface area contributed by atoms with Gasteiger partial charge in [0.05, 0.1) is 10.7 Å². The molecule has 0 saturated carbocycles. The Hall–Kier alpha value is -2.00. The van der Waals surface area contributed by atoms with Crippen LogP contribution >= 0.6 is 11.6 Å². The Morgan fingerprint density at radius 1 is 1.30 bits per heavy atom. The fourth-order valence-electron chi connectivity index (χ4n) is 2.38. The Morgan fingerprint density at radius 3 is 2.65 bits per heavy atom. The molecule has 1 aromatic carbocycles. The van der Waals surface area contributed by atoms with Crippen LogP contribution in [0.15, 0.2) is 30.0 Å². The number of phenols is 2. The van der Waals surface area contributed by atoms with Crippen molar-refractivity contribution in [2.45, 2.75) is 34.1 Å². The third-order valence-corrected chi connectivity index (χ3v) is 4.43. The van der Waals surface area contributed by atoms with Crippen LogP contribution in [0.3, 0.4) is 0 Å². The van der Waals surface area contributed by atoms with Crippen molar-refractivity contribution < 1.29 is 10.2 Å². The summed E-state index contributed by atoms with van der Waals surface area (Å²) in [5.41, 5.74) is 2.25. The van der Waals surface area contributed by atoms with Crippen molar-refractivity contribution in [2.24, 2.45) is 5.92 Å². The number of fused-ring (bicyclic) bond motifs is 1. The molecular weight excluding hydrogens is 310 g/mol. The lowest BCUT2D eigenvalue weighted by atomic mass is 10.0. The van der Waals surface area contributed by atoms with E-state index in [4.69, 9.17) is 11.6 Å². The van der Waals surface area contributed by atoms with Gasteiger partial charge in [0.1, 0.15) is 11.5 Å². The van der Waals surface area contributed by atoms with Crippen LogP contribution in [0, 0.1) is 12.8 Å². The number of rotatable bonds is 4. The van der Waals surface area contributed by atoms with Gasteiger partial charge in [0, 0.05) is 22.5 Å². The number of hydrogen-bond acceptors (Lipinski definition) is 3. The van der Waals surface area contributed by atoms with Gasteiger partial charge < -0.3 is 10.2 Å². The quantitative estimate of drug-likeness (QED) is 0.715. The Morgan fingerprint density at radius 2 is 2.00 bits per heavy atom. The Bertz CT molecular complexity index is 794. The van der Waals surface area contributed by atoms with Crippen molar-refractivity contribution in [3.8, 4) is 11.5 Å². The van der Waals surface area contributed by atoms with Crippen LogP contribution in [0.5, 0.6) is 11.5 Å². The van der Waals surface area contributed by atoms with E-state index < -0.39 is 0 Å². The Kier molecular flexibility index (Phi) is 5.32. The highest BCUT2D eigenvalue weighted by molar-refractivity contribution is 6.37. The zero-order valence-electron chi connectivity index (χ0n) is 13.9. The number of hydrogen-bond donors (Lipinski definition) is 2. The van der Waals surface area contributed by atoms with E-state index in [-0.39, 0.29) is 16.5 Å². The fourth-order valence-corrected chi connectivity index (χ4v) is 2.68. The molecule has 2 N–H and O–H groups in total. The summed E-state index contributed by atoms with van der Waals surface area (Å²) in [7, 11) is 0. The van der Waals surface area contributed by atoms with Crippen LogP contribution in [-0.4, -0.2) is 15.2 Å². The molecule has 2 aromatic rings. The molecule has 1 heterocycles. The van der Waals surface area contributed by atoms with Gasteiger partial charge in [-0.05, 0) is 31.9 Å². The highest BCUT2D eigenvalue weighted by Crippen LogP contribution is 2.41. The number of aromatic nitrogens is 1. The minimum atomic E-state index is -0.0920. The molecular formula is C19H22ClNO2. The van der Waals surface area contributed by atoms with Gasteiger partial charge in [-0.1, -0.05) is 49.6 Å². The third-order valence-electron chi connectivity index (χ3n) is 4.04. The first-order chi connectivity index (χ1) is 10.8. The molecule has 0 bridgehead atoms. The maximum atomic E-state index is 10.1. The van der Waals surface area contributed by atoms with Crippen LogP contribution in [-0.2, 0) is 0 Å². The molecule has 1 atom stereocenters. The molecule has 122 valence electrons. The third kappa shape index (κ3) is 3.67. The first-order valence-electron chi connectivity index (χ1n) is 7.71. The van der Waals surface area contributed by atoms with Crippen molar-refractivity contribution in [1.82, 2.24) is 4.98 Å². The highest BCUT2D eigenvalue weighted by atomic mass is 35.5. The lowest BCUT2D eigenvalue weighted by molar-refractivity contribution is 0.448. The number of nitrogens with zero attached hydrogens (tertiary/aromatic N) is 1. The van der Waals surface area contributed by atoms with E-state index in [0.29, 0.717) is 22.3 Å². The van der Waals surface area contributed by atoms with E-state index in [9.17, 15) is 10.2 Å². The van der Waals surface area contributed by atoms with Crippen molar-refractivity contribution >= 4 is 28.4 Å². The number of halogens is 1. The molecule has 0 amide bonds. The zero-order chi connectivity index (χ0) is 17.1. The summed E-state index contributed by atoms with van der Waals surface area (Å²) in [6, 6.07) is 1.77. The topological polar surface area (TPSA) is 53.4 Å². The smallest absolute Gasteiger partial charge is 0.141 e. The second-order valence-electron chi connectivity index (χ2n) is 5.92. The highest BCUT2D eigenvalue weighted by Gasteiger charge is 2.15. The molecule has 0 aliphatic heterocycles. The van der Waals surface area contributed by atoms with Crippen molar-refractivity contribution in [2.75, 3.05) is 0 Å². The van der Waals surface area contributed by atoms with E-state index in [1.165, 1.54) is 5.57 Å². The summed E-state index contributed by atoms with van der Waals surface area (Å²) in [4.78, 5) is 4.34. The SMILES string of the molecule is CCC(C)C=C(C)C=Cc1cc2c(Cl)c(O)c(C)c(O)c2cn1. The number of pyridine rings is 1. The van der Waals surface area contributed by atoms with E-state index in [2.05, 4.69) is 31.8 Å². The number of allylic oxidation sites excluding steroid dienone is 3. The molecule has 1 aromatic heterocycles. The fraction of sp³-hybridized carbons (Fsp3) is 0.316. The molecule has 2 rings (SSSR count). The van der Waals surface area contributed by atoms with Crippen LogP contribution in [0.4, 0.5) is 0 Å². The molecule has 0 aliphatic rings. The summed E-state index contributed by atoms with van der Waals surface area (Å²) in [5.74, 6) is 0.457. The molecule has 0 radical (unpaired) electrons. The average Bonchev–Trinajstić information content (AvgIpc) is 2.55. The average molecular weight is 332 g/mol. The van der Waals surface area contributed by atoms with Crippen LogP contribution in [0.1, 0.15) is 38.4 Å². The predicted octanol–water partition coefficient (Wildman–Crippen LogP) is 5.61.